The van der Waals surface area contributed by atoms with Crippen molar-refractivity contribution < 1.29 is 9.18 Å². The van der Waals surface area contributed by atoms with Crippen molar-refractivity contribution in [2.75, 3.05) is 5.32 Å². The van der Waals surface area contributed by atoms with Gasteiger partial charge >= 0.3 is 0 Å². The highest BCUT2D eigenvalue weighted by molar-refractivity contribution is 9.10. The molecule has 4 heteroatoms. The van der Waals surface area contributed by atoms with Crippen LogP contribution in [-0.4, -0.2) is 5.91 Å². The van der Waals surface area contributed by atoms with Crippen LogP contribution in [0.4, 0.5) is 10.1 Å². The third-order valence-electron chi connectivity index (χ3n) is 2.64. The first kappa shape index (κ1) is 10.6. The molecule has 2 atom stereocenters. The van der Waals surface area contributed by atoms with Gasteiger partial charge in [-0.1, -0.05) is 22.9 Å². The van der Waals surface area contributed by atoms with E-state index in [9.17, 15) is 9.18 Å². The summed E-state index contributed by atoms with van der Waals surface area (Å²) in [7, 11) is 0. The first-order valence-corrected chi connectivity index (χ1v) is 5.63. The van der Waals surface area contributed by atoms with Crippen molar-refractivity contribution in [3.8, 4) is 0 Å². The average Bonchev–Trinajstić information content (AvgIpc) is 2.88. The van der Waals surface area contributed by atoms with Crippen molar-refractivity contribution in [1.29, 1.82) is 0 Å². The van der Waals surface area contributed by atoms with Crippen LogP contribution in [0.5, 0.6) is 0 Å². The average molecular weight is 272 g/mol. The summed E-state index contributed by atoms with van der Waals surface area (Å²) in [5.41, 5.74) is 0.252. The van der Waals surface area contributed by atoms with Crippen LogP contribution in [-0.2, 0) is 4.79 Å². The second-order valence-corrected chi connectivity index (χ2v) is 4.85. The minimum Gasteiger partial charge on any atom is -0.323 e. The number of halogens is 2. The molecule has 1 amide bonds. The number of hydrogen-bond acceptors (Lipinski definition) is 1. The molecule has 0 radical (unpaired) electrons. The number of anilines is 1. The Bertz CT molecular complexity index is 408. The van der Waals surface area contributed by atoms with Crippen LogP contribution in [0.25, 0.3) is 0 Å². The van der Waals surface area contributed by atoms with Gasteiger partial charge < -0.3 is 5.32 Å². The molecule has 1 aliphatic rings. The van der Waals surface area contributed by atoms with E-state index in [1.54, 1.807) is 12.1 Å². The maximum atomic E-state index is 13.3. The second-order valence-electron chi connectivity index (χ2n) is 3.93. The lowest BCUT2D eigenvalue weighted by atomic mass is 10.2. The topological polar surface area (TPSA) is 29.1 Å². The Morgan fingerprint density at radius 3 is 2.80 bits per heavy atom. The van der Waals surface area contributed by atoms with E-state index in [2.05, 4.69) is 21.2 Å². The minimum absolute atomic E-state index is 0.0630. The van der Waals surface area contributed by atoms with Crippen LogP contribution in [0.15, 0.2) is 22.7 Å². The summed E-state index contributed by atoms with van der Waals surface area (Å²) in [6.07, 6.45) is 0.907. The molecule has 1 aliphatic carbocycles. The lowest BCUT2D eigenvalue weighted by Crippen LogP contribution is -2.15. The Kier molecular flexibility index (Phi) is 2.78. The predicted octanol–water partition coefficient (Wildman–Crippen LogP) is 3.18. The monoisotopic (exact) mass is 271 g/mol. The SMILES string of the molecule is CC1CC1C(=O)Nc1ccc(Br)cc1F. The quantitative estimate of drug-likeness (QED) is 0.880. The van der Waals surface area contributed by atoms with Crippen LogP contribution >= 0.6 is 15.9 Å². The van der Waals surface area contributed by atoms with Gasteiger partial charge in [-0.05, 0) is 30.5 Å². The van der Waals surface area contributed by atoms with Gasteiger partial charge in [-0.25, -0.2) is 4.39 Å². The Hall–Kier alpha value is -0.900. The van der Waals surface area contributed by atoms with E-state index in [0.29, 0.717) is 10.4 Å². The van der Waals surface area contributed by atoms with E-state index < -0.39 is 5.82 Å². The van der Waals surface area contributed by atoms with Crippen LogP contribution in [0.3, 0.4) is 0 Å². The standard InChI is InChI=1S/C11H11BrFNO/c1-6-4-8(6)11(15)14-10-3-2-7(12)5-9(10)13/h2-3,5-6,8H,4H2,1H3,(H,14,15). The van der Waals surface area contributed by atoms with Crippen LogP contribution < -0.4 is 5.32 Å². The molecule has 1 saturated carbocycles. The zero-order chi connectivity index (χ0) is 11.0. The fourth-order valence-corrected chi connectivity index (χ4v) is 1.84. The molecular formula is C11H11BrFNO. The van der Waals surface area contributed by atoms with Crippen molar-refractivity contribution in [2.24, 2.45) is 11.8 Å². The molecule has 2 unspecified atom stereocenters. The lowest BCUT2D eigenvalue weighted by Gasteiger charge is -2.05. The summed E-state index contributed by atoms with van der Waals surface area (Å²) in [4.78, 5) is 11.5. The molecule has 0 aromatic heterocycles. The summed E-state index contributed by atoms with van der Waals surface area (Å²) in [5.74, 6) is 0.00584. The second kappa shape index (κ2) is 3.93. The van der Waals surface area contributed by atoms with Gasteiger partial charge in [0.25, 0.3) is 0 Å². The highest BCUT2D eigenvalue weighted by atomic mass is 79.9. The van der Waals surface area contributed by atoms with E-state index in [1.807, 2.05) is 6.92 Å². The van der Waals surface area contributed by atoms with Crippen molar-refractivity contribution >= 4 is 27.5 Å². The number of rotatable bonds is 2. The molecule has 80 valence electrons. The Morgan fingerprint density at radius 2 is 2.27 bits per heavy atom. The van der Waals surface area contributed by atoms with Gasteiger partial charge in [0.2, 0.25) is 5.91 Å². The van der Waals surface area contributed by atoms with Crippen molar-refractivity contribution in [3.05, 3.63) is 28.5 Å². The molecule has 0 saturated heterocycles. The number of carbonyl (C=O) groups excluding carboxylic acids is 1. The number of benzene rings is 1. The van der Waals surface area contributed by atoms with Crippen LogP contribution in [0, 0.1) is 17.7 Å². The summed E-state index contributed by atoms with van der Waals surface area (Å²) in [6.45, 7) is 2.02. The molecule has 1 aromatic carbocycles. The number of nitrogens with one attached hydrogen (secondary N) is 1. The molecule has 1 fully saturated rings. The molecule has 2 nitrogen and oxygen atoms in total. The Balaban J connectivity index is 2.07. The smallest absolute Gasteiger partial charge is 0.227 e. The minimum atomic E-state index is -0.411. The number of carbonyl (C=O) groups is 1. The van der Waals surface area contributed by atoms with Gasteiger partial charge in [-0.15, -0.1) is 0 Å². The molecule has 15 heavy (non-hydrogen) atoms. The fraction of sp³-hybridized carbons (Fsp3) is 0.364. The molecular weight excluding hydrogens is 261 g/mol. The molecule has 0 spiro atoms. The first-order valence-electron chi connectivity index (χ1n) is 4.84. The summed E-state index contributed by atoms with van der Waals surface area (Å²) < 4.78 is 14.0. The van der Waals surface area contributed by atoms with E-state index in [1.165, 1.54) is 6.07 Å². The van der Waals surface area contributed by atoms with E-state index in [4.69, 9.17) is 0 Å². The van der Waals surface area contributed by atoms with Gasteiger partial charge in [-0.3, -0.25) is 4.79 Å². The van der Waals surface area contributed by atoms with Gasteiger partial charge in [0.05, 0.1) is 5.69 Å². The van der Waals surface area contributed by atoms with Gasteiger partial charge in [0.1, 0.15) is 5.82 Å². The highest BCUT2D eigenvalue weighted by Gasteiger charge is 2.39. The van der Waals surface area contributed by atoms with Crippen molar-refractivity contribution in [2.45, 2.75) is 13.3 Å². The molecule has 0 bridgehead atoms. The number of hydrogen-bond donors (Lipinski definition) is 1. The molecule has 0 heterocycles. The summed E-state index contributed by atoms with van der Waals surface area (Å²) in [5, 5.41) is 2.60. The third-order valence-corrected chi connectivity index (χ3v) is 3.13. The Labute approximate surface area is 96.0 Å². The summed E-state index contributed by atoms with van der Waals surface area (Å²) >= 11 is 3.16. The van der Waals surface area contributed by atoms with Gasteiger partial charge in [0, 0.05) is 10.4 Å². The highest BCUT2D eigenvalue weighted by Crippen LogP contribution is 2.38. The predicted molar refractivity (Wildman–Crippen MR) is 60.0 cm³/mol. The largest absolute Gasteiger partial charge is 0.323 e. The molecule has 1 aromatic rings. The Morgan fingerprint density at radius 1 is 1.60 bits per heavy atom. The zero-order valence-electron chi connectivity index (χ0n) is 8.26. The van der Waals surface area contributed by atoms with Crippen LogP contribution in [0.2, 0.25) is 0 Å². The van der Waals surface area contributed by atoms with Gasteiger partial charge in [-0.2, -0.15) is 0 Å². The van der Waals surface area contributed by atoms with E-state index >= 15 is 0 Å². The summed E-state index contributed by atoms with van der Waals surface area (Å²) in [6, 6.07) is 4.60. The van der Waals surface area contributed by atoms with Gasteiger partial charge in [0.15, 0.2) is 0 Å². The molecule has 0 aliphatic heterocycles. The maximum Gasteiger partial charge on any atom is 0.227 e. The lowest BCUT2D eigenvalue weighted by molar-refractivity contribution is -0.117. The first-order chi connectivity index (χ1) is 7.08. The zero-order valence-corrected chi connectivity index (χ0v) is 9.84. The fourth-order valence-electron chi connectivity index (χ4n) is 1.50. The number of amides is 1. The van der Waals surface area contributed by atoms with Crippen molar-refractivity contribution in [3.63, 3.8) is 0 Å². The normalized spacial score (nSPS) is 23.7. The molecule has 2 rings (SSSR count). The van der Waals surface area contributed by atoms with E-state index in [0.717, 1.165) is 6.42 Å². The maximum absolute atomic E-state index is 13.3. The van der Waals surface area contributed by atoms with Crippen LogP contribution in [0.1, 0.15) is 13.3 Å². The third kappa shape index (κ3) is 2.37. The molecule has 1 N–H and O–H groups in total. The van der Waals surface area contributed by atoms with Crippen molar-refractivity contribution in [1.82, 2.24) is 0 Å². The van der Waals surface area contributed by atoms with E-state index in [-0.39, 0.29) is 17.5 Å².